The lowest BCUT2D eigenvalue weighted by Gasteiger charge is -2.13. The summed E-state index contributed by atoms with van der Waals surface area (Å²) in [6.45, 7) is -0.0166. The van der Waals surface area contributed by atoms with Crippen LogP contribution in [-0.2, 0) is 17.9 Å². The first-order valence-corrected chi connectivity index (χ1v) is 12.0. The summed E-state index contributed by atoms with van der Waals surface area (Å²) >= 11 is 16.5. The van der Waals surface area contributed by atoms with Gasteiger partial charge in [0, 0.05) is 20.6 Å². The Bertz CT molecular complexity index is 1260. The predicted molar refractivity (Wildman–Crippen MR) is 133 cm³/mol. The smallest absolute Gasteiger partial charge is 0.293 e. The Morgan fingerprint density at radius 1 is 1.03 bits per heavy atom. The average molecular weight is 567 g/mol. The number of carbonyl (C=O) groups is 2. The minimum atomic E-state index is -0.471. The van der Waals surface area contributed by atoms with Gasteiger partial charge in [-0.05, 0) is 59.8 Å². The summed E-state index contributed by atoms with van der Waals surface area (Å²) in [5.74, 6) is -0.481. The number of halogens is 4. The van der Waals surface area contributed by atoms with E-state index in [-0.39, 0.29) is 33.9 Å². The number of amides is 2. The first-order valence-electron chi connectivity index (χ1n) is 9.67. The van der Waals surface area contributed by atoms with Crippen molar-refractivity contribution in [1.29, 1.82) is 0 Å². The van der Waals surface area contributed by atoms with Crippen molar-refractivity contribution < 1.29 is 18.7 Å². The molecule has 3 aromatic carbocycles. The number of benzene rings is 3. The van der Waals surface area contributed by atoms with Gasteiger partial charge in [-0.1, -0.05) is 63.4 Å². The molecule has 1 fully saturated rings. The number of carbonyl (C=O) groups excluding carboxylic acids is 2. The maximum Gasteiger partial charge on any atom is 0.293 e. The number of rotatable bonds is 6. The van der Waals surface area contributed by atoms with Crippen molar-refractivity contribution in [1.82, 2.24) is 4.90 Å². The largest absolute Gasteiger partial charge is 0.488 e. The molecule has 33 heavy (non-hydrogen) atoms. The molecular formula is C24H15BrCl2FNO3S. The van der Waals surface area contributed by atoms with E-state index in [1.165, 1.54) is 12.1 Å². The first-order chi connectivity index (χ1) is 15.8. The van der Waals surface area contributed by atoms with Crippen molar-refractivity contribution >= 4 is 68.1 Å². The first kappa shape index (κ1) is 23.8. The standard InChI is InChI=1S/C24H15BrCl2FNO3S/c25-16-8-9-21(32-13-17-19(27)6-3-7-20(17)28)15(10-16)11-22-23(30)29(24(31)33-22)12-14-4-1-2-5-18(14)26/h1-11H,12-13H2/b22-11-. The van der Waals surface area contributed by atoms with Gasteiger partial charge in [0.15, 0.2) is 0 Å². The van der Waals surface area contributed by atoms with Gasteiger partial charge in [-0.2, -0.15) is 0 Å². The van der Waals surface area contributed by atoms with Gasteiger partial charge in [0.25, 0.3) is 11.1 Å². The molecule has 1 aliphatic rings. The van der Waals surface area contributed by atoms with E-state index >= 15 is 0 Å². The van der Waals surface area contributed by atoms with Crippen LogP contribution in [0, 0.1) is 5.82 Å². The molecule has 0 aliphatic carbocycles. The van der Waals surface area contributed by atoms with Gasteiger partial charge in [0.05, 0.1) is 16.5 Å². The van der Waals surface area contributed by atoms with E-state index in [0.717, 1.165) is 21.1 Å². The van der Waals surface area contributed by atoms with Crippen molar-refractivity contribution in [3.8, 4) is 5.75 Å². The Morgan fingerprint density at radius 3 is 2.55 bits per heavy atom. The molecule has 0 atom stereocenters. The highest BCUT2D eigenvalue weighted by Crippen LogP contribution is 2.36. The Balaban J connectivity index is 1.58. The third kappa shape index (κ3) is 5.44. The molecule has 1 saturated heterocycles. The highest BCUT2D eigenvalue weighted by molar-refractivity contribution is 9.10. The predicted octanol–water partition coefficient (Wildman–Crippen LogP) is 7.71. The quantitative estimate of drug-likeness (QED) is 0.287. The van der Waals surface area contributed by atoms with E-state index in [9.17, 15) is 14.0 Å². The average Bonchev–Trinajstić information content (AvgIpc) is 3.03. The van der Waals surface area contributed by atoms with Gasteiger partial charge < -0.3 is 4.74 Å². The van der Waals surface area contributed by atoms with Gasteiger partial charge in [0.2, 0.25) is 0 Å². The number of hydrogen-bond acceptors (Lipinski definition) is 4. The van der Waals surface area contributed by atoms with E-state index in [0.29, 0.717) is 21.9 Å². The molecule has 4 rings (SSSR count). The van der Waals surface area contributed by atoms with Gasteiger partial charge >= 0.3 is 0 Å². The zero-order chi connectivity index (χ0) is 23.5. The van der Waals surface area contributed by atoms with Crippen LogP contribution in [0.5, 0.6) is 5.75 Å². The number of ether oxygens (including phenoxy) is 1. The van der Waals surface area contributed by atoms with Crippen LogP contribution in [0.3, 0.4) is 0 Å². The van der Waals surface area contributed by atoms with Crippen LogP contribution >= 0.6 is 50.9 Å². The number of hydrogen-bond donors (Lipinski definition) is 0. The van der Waals surface area contributed by atoms with Gasteiger partial charge in [-0.25, -0.2) is 4.39 Å². The van der Waals surface area contributed by atoms with Crippen LogP contribution < -0.4 is 4.74 Å². The topological polar surface area (TPSA) is 46.6 Å². The Morgan fingerprint density at radius 2 is 1.79 bits per heavy atom. The summed E-state index contributed by atoms with van der Waals surface area (Å²) in [7, 11) is 0. The Labute approximate surface area is 212 Å². The molecule has 1 heterocycles. The molecule has 0 saturated carbocycles. The van der Waals surface area contributed by atoms with E-state index < -0.39 is 11.7 Å². The zero-order valence-corrected chi connectivity index (χ0v) is 20.8. The maximum absolute atomic E-state index is 14.1. The zero-order valence-electron chi connectivity index (χ0n) is 16.9. The maximum atomic E-state index is 14.1. The fourth-order valence-electron chi connectivity index (χ4n) is 3.16. The summed E-state index contributed by atoms with van der Waals surface area (Å²) in [5.41, 5.74) is 1.46. The lowest BCUT2D eigenvalue weighted by molar-refractivity contribution is -0.123. The van der Waals surface area contributed by atoms with E-state index in [4.69, 9.17) is 27.9 Å². The van der Waals surface area contributed by atoms with Crippen LogP contribution in [0.2, 0.25) is 10.0 Å². The lowest BCUT2D eigenvalue weighted by Crippen LogP contribution is -2.27. The Kier molecular flexibility index (Phi) is 7.44. The lowest BCUT2D eigenvalue weighted by atomic mass is 10.1. The van der Waals surface area contributed by atoms with Gasteiger partial charge in [0.1, 0.15) is 18.2 Å². The summed E-state index contributed by atoms with van der Waals surface area (Å²) < 4.78 is 20.7. The summed E-state index contributed by atoms with van der Waals surface area (Å²) in [5, 5.41) is 0.353. The molecule has 0 radical (unpaired) electrons. The minimum Gasteiger partial charge on any atom is -0.488 e. The van der Waals surface area contributed by atoms with Crippen LogP contribution in [0.4, 0.5) is 9.18 Å². The second-order valence-corrected chi connectivity index (χ2v) is 9.75. The van der Waals surface area contributed by atoms with Crippen LogP contribution in [0.15, 0.2) is 70.0 Å². The van der Waals surface area contributed by atoms with Crippen LogP contribution in [0.25, 0.3) is 6.08 Å². The van der Waals surface area contributed by atoms with Crippen LogP contribution in [0.1, 0.15) is 16.7 Å². The molecule has 1 aliphatic heterocycles. The van der Waals surface area contributed by atoms with E-state index in [1.807, 2.05) is 0 Å². The molecule has 4 nitrogen and oxygen atoms in total. The van der Waals surface area contributed by atoms with Crippen LogP contribution in [-0.4, -0.2) is 16.0 Å². The molecular weight excluding hydrogens is 552 g/mol. The number of nitrogens with zero attached hydrogens (tertiary/aromatic N) is 1. The van der Waals surface area contributed by atoms with Crippen molar-refractivity contribution in [3.05, 3.63) is 103 Å². The normalized spacial score (nSPS) is 14.9. The highest BCUT2D eigenvalue weighted by Gasteiger charge is 2.35. The number of thioether (sulfide) groups is 1. The summed E-state index contributed by atoms with van der Waals surface area (Å²) in [6, 6.07) is 16.7. The molecule has 0 aromatic heterocycles. The molecule has 0 spiro atoms. The third-order valence-electron chi connectivity index (χ3n) is 4.85. The SMILES string of the molecule is O=C1S/C(=C\c2cc(Br)ccc2OCc2c(F)cccc2Cl)C(=O)N1Cc1ccccc1Cl. The van der Waals surface area contributed by atoms with Crippen molar-refractivity contribution in [2.45, 2.75) is 13.2 Å². The van der Waals surface area contributed by atoms with Crippen molar-refractivity contribution in [2.24, 2.45) is 0 Å². The fourth-order valence-corrected chi connectivity index (χ4v) is 4.78. The highest BCUT2D eigenvalue weighted by atomic mass is 79.9. The van der Waals surface area contributed by atoms with E-state index in [1.54, 1.807) is 54.6 Å². The molecule has 2 amide bonds. The fraction of sp³-hybridized carbons (Fsp3) is 0.0833. The molecule has 0 unspecified atom stereocenters. The third-order valence-corrected chi connectivity index (χ3v) is 6.98. The number of imide groups is 1. The molecule has 0 bridgehead atoms. The van der Waals surface area contributed by atoms with Crippen molar-refractivity contribution in [2.75, 3.05) is 0 Å². The Hall–Kier alpha value is -2.32. The molecule has 168 valence electrons. The molecule has 3 aromatic rings. The monoisotopic (exact) mass is 565 g/mol. The second-order valence-electron chi connectivity index (χ2n) is 7.03. The summed E-state index contributed by atoms with van der Waals surface area (Å²) in [6.07, 6.45) is 1.58. The minimum absolute atomic E-state index is 0.0787. The molecule has 9 heteroatoms. The van der Waals surface area contributed by atoms with E-state index in [2.05, 4.69) is 15.9 Å². The van der Waals surface area contributed by atoms with Gasteiger partial charge in [-0.15, -0.1) is 0 Å². The van der Waals surface area contributed by atoms with Crippen molar-refractivity contribution in [3.63, 3.8) is 0 Å². The van der Waals surface area contributed by atoms with Gasteiger partial charge in [-0.3, -0.25) is 14.5 Å². The second kappa shape index (κ2) is 10.3. The summed E-state index contributed by atoms with van der Waals surface area (Å²) in [4.78, 5) is 26.9. The molecule has 0 N–H and O–H groups in total.